The van der Waals surface area contributed by atoms with E-state index in [-0.39, 0.29) is 0 Å². The van der Waals surface area contributed by atoms with Crippen LogP contribution in [0.3, 0.4) is 0 Å². The first-order chi connectivity index (χ1) is 9.88. The van der Waals surface area contributed by atoms with Gasteiger partial charge in [-0.1, -0.05) is 48.5 Å². The molecule has 0 fully saturated rings. The van der Waals surface area contributed by atoms with Gasteiger partial charge in [0, 0.05) is 10.8 Å². The molecule has 0 N–H and O–H groups in total. The minimum atomic E-state index is 0.911. The molecule has 4 aromatic rings. The summed E-state index contributed by atoms with van der Waals surface area (Å²) in [5.74, 6) is 0.911. The van der Waals surface area contributed by atoms with Crippen molar-refractivity contribution in [3.8, 4) is 5.75 Å². The minimum Gasteiger partial charge on any atom is -0.465 e. The van der Waals surface area contributed by atoms with Gasteiger partial charge in [-0.3, -0.25) is 0 Å². The van der Waals surface area contributed by atoms with E-state index in [0.717, 1.165) is 5.75 Å². The summed E-state index contributed by atoms with van der Waals surface area (Å²) in [6.07, 6.45) is 3.63. The minimum absolute atomic E-state index is 0.911. The first-order valence-electron chi connectivity index (χ1n) is 6.83. The van der Waals surface area contributed by atoms with Crippen LogP contribution in [0.2, 0.25) is 0 Å². The third-order valence-corrected chi connectivity index (χ3v) is 3.82. The predicted octanol–water partition coefficient (Wildman–Crippen LogP) is 5.50. The Morgan fingerprint density at radius 2 is 1.40 bits per heavy atom. The molecule has 0 atom stereocenters. The average Bonchev–Trinajstić information content (AvgIpc) is 2.51. The molecule has 0 spiro atoms. The Morgan fingerprint density at radius 3 is 2.15 bits per heavy atom. The summed E-state index contributed by atoms with van der Waals surface area (Å²) in [4.78, 5) is 0. The lowest BCUT2D eigenvalue weighted by Crippen LogP contribution is -1.87. The molecule has 96 valence electrons. The fourth-order valence-corrected chi connectivity index (χ4v) is 2.95. The molecule has 0 bridgehead atoms. The maximum absolute atomic E-state index is 5.73. The second-order valence-electron chi connectivity index (χ2n) is 5.01. The molecule has 0 radical (unpaired) electrons. The molecule has 0 saturated carbocycles. The van der Waals surface area contributed by atoms with Crippen LogP contribution in [0, 0.1) is 0 Å². The third-order valence-electron chi connectivity index (χ3n) is 3.82. The Bertz CT molecular complexity index is 919. The Kier molecular flexibility index (Phi) is 2.40. The van der Waals surface area contributed by atoms with E-state index in [4.69, 9.17) is 4.74 Å². The zero-order chi connectivity index (χ0) is 13.5. The van der Waals surface area contributed by atoms with Crippen molar-refractivity contribution in [2.24, 2.45) is 0 Å². The van der Waals surface area contributed by atoms with Crippen LogP contribution in [0.5, 0.6) is 5.75 Å². The van der Waals surface area contributed by atoms with E-state index in [2.05, 4.69) is 48.5 Å². The van der Waals surface area contributed by atoms with Crippen molar-refractivity contribution in [2.45, 2.75) is 6.92 Å². The highest BCUT2D eigenvalue weighted by Crippen LogP contribution is 2.38. The standard InChI is InChI=1S/C19H14O/c1-2-12-20-17-11-9-15-7-6-13-4-3-5-14-8-10-16(17)19(15)18(13)14/h2-12H,1H3. The first-order valence-corrected chi connectivity index (χ1v) is 6.83. The highest BCUT2D eigenvalue weighted by molar-refractivity contribution is 6.24. The van der Waals surface area contributed by atoms with Gasteiger partial charge >= 0.3 is 0 Å². The van der Waals surface area contributed by atoms with Gasteiger partial charge in [0.2, 0.25) is 0 Å². The van der Waals surface area contributed by atoms with Gasteiger partial charge in [0.05, 0.1) is 6.26 Å². The van der Waals surface area contributed by atoms with Crippen molar-refractivity contribution in [3.63, 3.8) is 0 Å². The highest BCUT2D eigenvalue weighted by Gasteiger charge is 2.10. The summed E-state index contributed by atoms with van der Waals surface area (Å²) < 4.78 is 5.73. The summed E-state index contributed by atoms with van der Waals surface area (Å²) in [5.41, 5.74) is 0. The fraction of sp³-hybridized carbons (Fsp3) is 0.0526. The molecule has 4 aromatic carbocycles. The van der Waals surface area contributed by atoms with Crippen LogP contribution in [0.15, 0.2) is 66.9 Å². The molecule has 1 heteroatoms. The summed E-state index contributed by atoms with van der Waals surface area (Å²) in [7, 11) is 0. The van der Waals surface area contributed by atoms with Crippen LogP contribution in [-0.2, 0) is 0 Å². The molecule has 4 rings (SSSR count). The first kappa shape index (κ1) is 11.3. The molecule has 0 aliphatic carbocycles. The van der Waals surface area contributed by atoms with Crippen molar-refractivity contribution in [3.05, 3.63) is 66.9 Å². The van der Waals surface area contributed by atoms with E-state index in [0.29, 0.717) is 0 Å². The summed E-state index contributed by atoms with van der Waals surface area (Å²) in [5, 5.41) is 7.62. The summed E-state index contributed by atoms with van der Waals surface area (Å²) in [6.45, 7) is 1.95. The highest BCUT2D eigenvalue weighted by atomic mass is 16.5. The van der Waals surface area contributed by atoms with Gasteiger partial charge in [-0.15, -0.1) is 0 Å². The zero-order valence-corrected chi connectivity index (χ0v) is 11.3. The SMILES string of the molecule is CC=COc1ccc2ccc3cccc4ccc1c2c34. The lowest BCUT2D eigenvalue weighted by atomic mass is 9.94. The third kappa shape index (κ3) is 1.50. The molecule has 0 aliphatic heterocycles. The molecular formula is C19H14O. The average molecular weight is 258 g/mol. The van der Waals surface area contributed by atoms with Gasteiger partial charge in [-0.05, 0) is 40.6 Å². The van der Waals surface area contributed by atoms with Gasteiger partial charge in [0.15, 0.2) is 0 Å². The maximum atomic E-state index is 5.73. The topological polar surface area (TPSA) is 9.23 Å². The normalized spacial score (nSPS) is 12.1. The van der Waals surface area contributed by atoms with E-state index in [9.17, 15) is 0 Å². The van der Waals surface area contributed by atoms with Gasteiger partial charge in [-0.25, -0.2) is 0 Å². The lowest BCUT2D eigenvalue weighted by molar-refractivity contribution is 0.486. The number of rotatable bonds is 2. The zero-order valence-electron chi connectivity index (χ0n) is 11.3. The molecular weight excluding hydrogens is 244 g/mol. The number of allylic oxidation sites excluding steroid dienone is 1. The van der Waals surface area contributed by atoms with Crippen molar-refractivity contribution in [1.29, 1.82) is 0 Å². The van der Waals surface area contributed by atoms with Crippen LogP contribution >= 0.6 is 0 Å². The lowest BCUT2D eigenvalue weighted by Gasteiger charge is -2.12. The summed E-state index contributed by atoms with van der Waals surface area (Å²) in [6, 6.07) is 19.3. The van der Waals surface area contributed by atoms with Crippen LogP contribution < -0.4 is 4.74 Å². The Labute approximate surface area is 117 Å². The Hall–Kier alpha value is -2.54. The smallest absolute Gasteiger partial charge is 0.134 e. The van der Waals surface area contributed by atoms with Crippen LogP contribution in [0.4, 0.5) is 0 Å². The molecule has 20 heavy (non-hydrogen) atoms. The molecule has 0 unspecified atom stereocenters. The van der Waals surface area contributed by atoms with E-state index in [1.54, 1.807) is 6.26 Å². The largest absolute Gasteiger partial charge is 0.465 e. The van der Waals surface area contributed by atoms with Gasteiger partial charge in [-0.2, -0.15) is 0 Å². The molecule has 1 nitrogen and oxygen atoms in total. The van der Waals surface area contributed by atoms with E-state index >= 15 is 0 Å². The van der Waals surface area contributed by atoms with Crippen molar-refractivity contribution in [1.82, 2.24) is 0 Å². The number of hydrogen-bond donors (Lipinski definition) is 0. The maximum Gasteiger partial charge on any atom is 0.134 e. The van der Waals surface area contributed by atoms with Crippen LogP contribution in [-0.4, -0.2) is 0 Å². The van der Waals surface area contributed by atoms with Gasteiger partial charge in [0.1, 0.15) is 5.75 Å². The Morgan fingerprint density at radius 1 is 0.750 bits per heavy atom. The molecule has 0 saturated heterocycles. The molecule has 0 aromatic heterocycles. The quantitative estimate of drug-likeness (QED) is 0.341. The Balaban J connectivity index is 2.20. The number of ether oxygens (including phenoxy) is 1. The predicted molar refractivity (Wildman–Crippen MR) is 85.6 cm³/mol. The second-order valence-corrected chi connectivity index (χ2v) is 5.01. The van der Waals surface area contributed by atoms with E-state index in [1.165, 1.54) is 32.3 Å². The van der Waals surface area contributed by atoms with Crippen molar-refractivity contribution < 1.29 is 4.74 Å². The number of hydrogen-bond acceptors (Lipinski definition) is 1. The van der Waals surface area contributed by atoms with Crippen molar-refractivity contribution in [2.75, 3.05) is 0 Å². The van der Waals surface area contributed by atoms with E-state index < -0.39 is 0 Å². The molecule has 0 heterocycles. The fourth-order valence-electron chi connectivity index (χ4n) is 2.95. The van der Waals surface area contributed by atoms with Crippen LogP contribution in [0.25, 0.3) is 32.3 Å². The van der Waals surface area contributed by atoms with E-state index in [1.807, 2.05) is 19.1 Å². The summed E-state index contributed by atoms with van der Waals surface area (Å²) >= 11 is 0. The van der Waals surface area contributed by atoms with Crippen LogP contribution in [0.1, 0.15) is 6.92 Å². The molecule has 0 aliphatic rings. The van der Waals surface area contributed by atoms with Crippen molar-refractivity contribution >= 4 is 32.3 Å². The second kappa shape index (κ2) is 4.24. The number of benzene rings is 4. The monoisotopic (exact) mass is 258 g/mol. The molecule has 0 amide bonds. The van der Waals surface area contributed by atoms with Gasteiger partial charge in [0.25, 0.3) is 0 Å². The van der Waals surface area contributed by atoms with Gasteiger partial charge < -0.3 is 4.74 Å².